The van der Waals surface area contributed by atoms with Gasteiger partial charge in [-0.05, 0) is 13.0 Å². The lowest BCUT2D eigenvalue weighted by Gasteiger charge is -2.17. The van der Waals surface area contributed by atoms with E-state index in [0.29, 0.717) is 5.69 Å². The quantitative estimate of drug-likeness (QED) is 0.835. The average molecular weight is 259 g/mol. The van der Waals surface area contributed by atoms with Gasteiger partial charge in [-0.2, -0.15) is 0 Å². The fourth-order valence-corrected chi connectivity index (χ4v) is 2.05. The van der Waals surface area contributed by atoms with Gasteiger partial charge >= 0.3 is 5.97 Å². The highest BCUT2D eigenvalue weighted by atomic mass is 19.1. The van der Waals surface area contributed by atoms with Crippen molar-refractivity contribution in [1.29, 1.82) is 0 Å². The van der Waals surface area contributed by atoms with E-state index in [1.54, 1.807) is 6.92 Å². The highest BCUT2D eigenvalue weighted by Crippen LogP contribution is 2.29. The average Bonchev–Trinajstić information content (AvgIpc) is 2.30. The van der Waals surface area contributed by atoms with E-state index in [1.807, 2.05) is 0 Å². The minimum Gasteiger partial charge on any atom is -0.478 e. The second-order valence-electron chi connectivity index (χ2n) is 4.09. The van der Waals surface area contributed by atoms with Crippen LogP contribution in [0, 0.1) is 25.1 Å². The highest BCUT2D eigenvalue weighted by molar-refractivity contribution is 5.97. The largest absolute Gasteiger partial charge is 0.478 e. The van der Waals surface area contributed by atoms with E-state index >= 15 is 0 Å². The zero-order valence-corrected chi connectivity index (χ0v) is 10.1. The van der Waals surface area contributed by atoms with Crippen LogP contribution >= 0.6 is 0 Å². The third-order valence-corrected chi connectivity index (χ3v) is 2.93. The second kappa shape index (κ2) is 4.58. The van der Waals surface area contributed by atoms with Crippen molar-refractivity contribution < 1.29 is 14.3 Å². The molecule has 5 heteroatoms. The number of aromatic carboxylic acids is 1. The molecule has 1 aliphatic carbocycles. The van der Waals surface area contributed by atoms with E-state index in [2.05, 4.69) is 5.92 Å². The number of terminal acetylenes is 1. The van der Waals surface area contributed by atoms with Crippen molar-refractivity contribution in [2.45, 2.75) is 13.5 Å². The Bertz CT molecular complexity index is 740. The lowest BCUT2D eigenvalue weighted by molar-refractivity contribution is 0.0696. The monoisotopic (exact) mass is 259 g/mol. The zero-order valence-electron chi connectivity index (χ0n) is 10.1. The van der Waals surface area contributed by atoms with Gasteiger partial charge < -0.3 is 9.67 Å². The van der Waals surface area contributed by atoms with Gasteiger partial charge in [0.1, 0.15) is 5.82 Å². The molecule has 0 fully saturated rings. The van der Waals surface area contributed by atoms with Crippen molar-refractivity contribution in [2.75, 3.05) is 0 Å². The third kappa shape index (κ3) is 2.08. The molecule has 0 aromatic carbocycles. The van der Waals surface area contributed by atoms with E-state index < -0.39 is 17.2 Å². The van der Waals surface area contributed by atoms with Crippen LogP contribution in [-0.4, -0.2) is 15.6 Å². The molecule has 1 heterocycles. The molecule has 4 nitrogen and oxygen atoms in total. The maximum atomic E-state index is 13.8. The van der Waals surface area contributed by atoms with Crippen molar-refractivity contribution >= 4 is 5.97 Å². The number of hydrogen-bond donors (Lipinski definition) is 1. The van der Waals surface area contributed by atoms with Crippen LogP contribution in [0.3, 0.4) is 0 Å². The summed E-state index contributed by atoms with van der Waals surface area (Å²) in [6.45, 7) is 1.69. The summed E-state index contributed by atoms with van der Waals surface area (Å²) in [5, 5.41) is 9.25. The van der Waals surface area contributed by atoms with Crippen molar-refractivity contribution in [3.05, 3.63) is 45.6 Å². The standard InChI is InChI=1S/C14H10FNO3/c1-3-4-16-7-11-10(5-9(17)6-12(11)15)13(8(16)2)14(18)19/h1,5-7H,4H2,2H3,(H,18,19). The number of pyridine rings is 1. The Hall–Kier alpha value is -2.61. The maximum Gasteiger partial charge on any atom is 0.338 e. The van der Waals surface area contributed by atoms with Crippen molar-refractivity contribution in [3.8, 4) is 23.5 Å². The van der Waals surface area contributed by atoms with Crippen LogP contribution in [0.15, 0.2) is 23.1 Å². The fraction of sp³-hybridized carbons (Fsp3) is 0.143. The number of carboxylic acids is 1. The molecule has 0 bridgehead atoms. The molecule has 19 heavy (non-hydrogen) atoms. The maximum absolute atomic E-state index is 13.8. The molecule has 1 N–H and O–H groups in total. The van der Waals surface area contributed by atoms with Gasteiger partial charge in [-0.25, -0.2) is 9.18 Å². The number of benzene rings is 1. The summed E-state index contributed by atoms with van der Waals surface area (Å²) in [4.78, 5) is 22.7. The first kappa shape index (κ1) is 12.8. The Morgan fingerprint density at radius 2 is 2.16 bits per heavy atom. The van der Waals surface area contributed by atoms with E-state index in [9.17, 15) is 19.1 Å². The van der Waals surface area contributed by atoms with Gasteiger partial charge in [0, 0.05) is 29.1 Å². The zero-order chi connectivity index (χ0) is 14.2. The first-order valence-electron chi connectivity index (χ1n) is 5.45. The van der Waals surface area contributed by atoms with Crippen molar-refractivity contribution in [1.82, 2.24) is 4.57 Å². The Labute approximate surface area is 108 Å². The SMILES string of the molecule is C#CCn1cc2c(F)cc(=O)cc-2c(C(=O)O)c1C. The summed E-state index contributed by atoms with van der Waals surface area (Å²) in [6, 6.07) is 1.94. The molecule has 0 spiro atoms. The summed E-state index contributed by atoms with van der Waals surface area (Å²) in [5.74, 6) is 0.395. The van der Waals surface area contributed by atoms with Crippen LogP contribution in [0.5, 0.6) is 0 Å². The Morgan fingerprint density at radius 1 is 1.47 bits per heavy atom. The van der Waals surface area contributed by atoms with E-state index in [0.717, 1.165) is 12.1 Å². The van der Waals surface area contributed by atoms with Gasteiger partial charge in [0.05, 0.1) is 12.1 Å². The Morgan fingerprint density at radius 3 is 2.74 bits per heavy atom. The van der Waals surface area contributed by atoms with Gasteiger partial charge in [0.15, 0.2) is 5.43 Å². The van der Waals surface area contributed by atoms with Gasteiger partial charge in [-0.15, -0.1) is 6.42 Å². The second-order valence-corrected chi connectivity index (χ2v) is 4.09. The molecule has 2 aliphatic rings. The smallest absolute Gasteiger partial charge is 0.338 e. The summed E-state index contributed by atoms with van der Waals surface area (Å²) >= 11 is 0. The summed E-state index contributed by atoms with van der Waals surface area (Å²) in [7, 11) is 0. The fourth-order valence-electron chi connectivity index (χ4n) is 2.05. The van der Waals surface area contributed by atoms with E-state index in [4.69, 9.17) is 6.42 Å². The molecule has 0 aromatic heterocycles. The number of aromatic nitrogens is 1. The molecule has 1 aliphatic heterocycles. The lowest BCUT2D eigenvalue weighted by Crippen LogP contribution is -2.15. The predicted molar refractivity (Wildman–Crippen MR) is 67.8 cm³/mol. The molecule has 96 valence electrons. The number of rotatable bonds is 2. The van der Waals surface area contributed by atoms with Crippen LogP contribution in [0.4, 0.5) is 4.39 Å². The number of hydrogen-bond acceptors (Lipinski definition) is 2. The van der Waals surface area contributed by atoms with Crippen molar-refractivity contribution in [3.63, 3.8) is 0 Å². The molecule has 0 amide bonds. The molecule has 0 saturated carbocycles. The Balaban J connectivity index is 2.96. The van der Waals surface area contributed by atoms with Crippen LogP contribution in [0.25, 0.3) is 11.1 Å². The molecule has 0 atom stereocenters. The number of fused-ring (bicyclic) bond motifs is 1. The molecular formula is C14H10FNO3. The minimum atomic E-state index is -1.22. The molecule has 2 rings (SSSR count). The molecule has 0 unspecified atom stereocenters. The van der Waals surface area contributed by atoms with Gasteiger partial charge in [0.2, 0.25) is 0 Å². The first-order chi connectivity index (χ1) is 8.95. The normalized spacial score (nSPS) is 10.4. The lowest BCUT2D eigenvalue weighted by atomic mass is 9.97. The number of carboxylic acid groups (broad SMARTS) is 1. The van der Waals surface area contributed by atoms with E-state index in [1.165, 1.54) is 10.8 Å². The number of halogens is 1. The molecule has 0 saturated heterocycles. The van der Waals surface area contributed by atoms with E-state index in [-0.39, 0.29) is 23.2 Å². The van der Waals surface area contributed by atoms with Crippen LogP contribution in [-0.2, 0) is 6.54 Å². The van der Waals surface area contributed by atoms with Crippen LogP contribution in [0.2, 0.25) is 0 Å². The molecule has 0 aromatic rings. The minimum absolute atomic E-state index is 0.0675. The van der Waals surface area contributed by atoms with Gasteiger partial charge in [-0.3, -0.25) is 4.79 Å². The van der Waals surface area contributed by atoms with Gasteiger partial charge in [-0.1, -0.05) is 5.92 Å². The number of nitrogens with zero attached hydrogens (tertiary/aromatic N) is 1. The highest BCUT2D eigenvalue weighted by Gasteiger charge is 2.22. The van der Waals surface area contributed by atoms with Gasteiger partial charge in [0.25, 0.3) is 0 Å². The molecular weight excluding hydrogens is 249 g/mol. The third-order valence-electron chi connectivity index (χ3n) is 2.93. The summed E-state index contributed by atoms with van der Waals surface area (Å²) in [6.07, 6.45) is 6.62. The molecule has 0 radical (unpaired) electrons. The summed E-state index contributed by atoms with van der Waals surface area (Å²) in [5.41, 5.74) is -0.143. The predicted octanol–water partition coefficient (Wildman–Crippen LogP) is 1.73. The van der Waals surface area contributed by atoms with Crippen LogP contribution < -0.4 is 5.43 Å². The number of carbonyl (C=O) groups is 1. The summed E-state index contributed by atoms with van der Waals surface area (Å²) < 4.78 is 15.3. The topological polar surface area (TPSA) is 59.3 Å². The van der Waals surface area contributed by atoms with Crippen molar-refractivity contribution in [2.24, 2.45) is 0 Å². The Kier molecular flexibility index (Phi) is 3.09. The first-order valence-corrected chi connectivity index (χ1v) is 5.45. The van der Waals surface area contributed by atoms with Crippen LogP contribution in [0.1, 0.15) is 16.1 Å².